The fourth-order valence-electron chi connectivity index (χ4n) is 0.939. The zero-order chi connectivity index (χ0) is 7.98. The van der Waals surface area contributed by atoms with E-state index in [1.165, 1.54) is 24.0 Å². The Kier molecular flexibility index (Phi) is 5.00. The number of rotatable bonds is 4. The van der Waals surface area contributed by atoms with Crippen LogP contribution in [0.1, 0.15) is 40.0 Å². The molecule has 0 N–H and O–H groups in total. The van der Waals surface area contributed by atoms with Crippen LogP contribution in [0.3, 0.4) is 0 Å². The van der Waals surface area contributed by atoms with Crippen molar-refractivity contribution in [2.45, 2.75) is 40.0 Å². The van der Waals surface area contributed by atoms with Crippen LogP contribution < -0.4 is 0 Å². The minimum absolute atomic E-state index is 1.12. The molecule has 0 unspecified atom stereocenters. The van der Waals surface area contributed by atoms with Gasteiger partial charge in [-0.05, 0) is 25.3 Å². The highest BCUT2D eigenvalue weighted by Crippen LogP contribution is 2.11. The van der Waals surface area contributed by atoms with Crippen LogP contribution in [-0.2, 0) is 0 Å². The SMILES string of the molecule is C=C(C)/C(=C\CCC)CC. The maximum absolute atomic E-state index is 3.91. The summed E-state index contributed by atoms with van der Waals surface area (Å²) in [5.74, 6) is 0. The van der Waals surface area contributed by atoms with E-state index in [4.69, 9.17) is 0 Å². The Hall–Kier alpha value is -0.520. The smallest absolute Gasteiger partial charge is 0.0308 e. The summed E-state index contributed by atoms with van der Waals surface area (Å²) in [6.07, 6.45) is 5.84. The summed E-state index contributed by atoms with van der Waals surface area (Å²) in [7, 11) is 0. The molecule has 0 saturated carbocycles. The third-order valence-electron chi connectivity index (χ3n) is 1.61. The van der Waals surface area contributed by atoms with Gasteiger partial charge in [-0.15, -0.1) is 0 Å². The summed E-state index contributed by atoms with van der Waals surface area (Å²) in [4.78, 5) is 0. The van der Waals surface area contributed by atoms with Crippen LogP contribution in [0.2, 0.25) is 0 Å². The topological polar surface area (TPSA) is 0 Å². The van der Waals surface area contributed by atoms with Crippen molar-refractivity contribution in [2.24, 2.45) is 0 Å². The van der Waals surface area contributed by atoms with E-state index in [1.807, 2.05) is 0 Å². The van der Waals surface area contributed by atoms with E-state index in [-0.39, 0.29) is 0 Å². The lowest BCUT2D eigenvalue weighted by Gasteiger charge is -2.01. The van der Waals surface area contributed by atoms with Crippen LogP contribution in [0.4, 0.5) is 0 Å². The van der Waals surface area contributed by atoms with Gasteiger partial charge in [-0.3, -0.25) is 0 Å². The highest BCUT2D eigenvalue weighted by Gasteiger charge is 1.91. The van der Waals surface area contributed by atoms with Crippen molar-refractivity contribution in [1.82, 2.24) is 0 Å². The first-order chi connectivity index (χ1) is 4.72. The molecule has 0 saturated heterocycles. The molecule has 0 aromatic heterocycles. The molecule has 0 aromatic rings. The minimum Gasteiger partial charge on any atom is -0.0958 e. The largest absolute Gasteiger partial charge is 0.0958 e. The number of hydrogen-bond donors (Lipinski definition) is 0. The maximum atomic E-state index is 3.91. The van der Waals surface area contributed by atoms with E-state index < -0.39 is 0 Å². The monoisotopic (exact) mass is 138 g/mol. The molecule has 0 aliphatic carbocycles. The van der Waals surface area contributed by atoms with E-state index >= 15 is 0 Å². The van der Waals surface area contributed by atoms with Crippen LogP contribution >= 0.6 is 0 Å². The molecule has 0 amide bonds. The van der Waals surface area contributed by atoms with Crippen LogP contribution in [0.5, 0.6) is 0 Å². The minimum atomic E-state index is 1.12. The van der Waals surface area contributed by atoms with E-state index in [2.05, 4.69) is 33.4 Å². The van der Waals surface area contributed by atoms with Crippen LogP contribution in [0, 0.1) is 0 Å². The van der Waals surface area contributed by atoms with E-state index in [1.54, 1.807) is 0 Å². The van der Waals surface area contributed by atoms with E-state index in [0.717, 1.165) is 6.42 Å². The highest BCUT2D eigenvalue weighted by molar-refractivity contribution is 5.25. The Morgan fingerprint density at radius 1 is 1.40 bits per heavy atom. The Morgan fingerprint density at radius 3 is 2.30 bits per heavy atom. The molecule has 10 heavy (non-hydrogen) atoms. The summed E-state index contributed by atoms with van der Waals surface area (Å²) < 4.78 is 0. The Morgan fingerprint density at radius 2 is 2.00 bits per heavy atom. The molecule has 0 heterocycles. The lowest BCUT2D eigenvalue weighted by Crippen LogP contribution is -1.81. The second-order valence-electron chi connectivity index (χ2n) is 2.65. The van der Waals surface area contributed by atoms with Gasteiger partial charge >= 0.3 is 0 Å². The van der Waals surface area contributed by atoms with Gasteiger partial charge in [0.2, 0.25) is 0 Å². The van der Waals surface area contributed by atoms with E-state index in [0.29, 0.717) is 0 Å². The molecule has 0 aliphatic rings. The van der Waals surface area contributed by atoms with Gasteiger partial charge in [0, 0.05) is 0 Å². The lowest BCUT2D eigenvalue weighted by atomic mass is 10.1. The number of unbranched alkanes of at least 4 members (excludes halogenated alkanes) is 1. The van der Waals surface area contributed by atoms with Gasteiger partial charge in [-0.1, -0.05) is 38.5 Å². The molecule has 0 aliphatic heterocycles. The standard InChI is InChI=1S/C10H18/c1-5-7-8-10(6-2)9(3)4/h8H,3,5-7H2,1-2,4H3/b10-8-. The zero-order valence-electron chi connectivity index (χ0n) is 7.41. The molecular weight excluding hydrogens is 120 g/mol. The number of hydrogen-bond acceptors (Lipinski definition) is 0. The molecule has 0 aromatic carbocycles. The van der Waals surface area contributed by atoms with Gasteiger partial charge in [0.25, 0.3) is 0 Å². The molecule has 0 atom stereocenters. The summed E-state index contributed by atoms with van der Waals surface area (Å²) in [6.45, 7) is 10.4. The first kappa shape index (κ1) is 9.48. The summed E-state index contributed by atoms with van der Waals surface area (Å²) in [5.41, 5.74) is 2.64. The average molecular weight is 138 g/mol. The van der Waals surface area contributed by atoms with E-state index in [9.17, 15) is 0 Å². The Labute approximate surface area is 64.6 Å². The van der Waals surface area contributed by atoms with Gasteiger partial charge in [0.1, 0.15) is 0 Å². The van der Waals surface area contributed by atoms with Crippen molar-refractivity contribution in [2.75, 3.05) is 0 Å². The summed E-state index contributed by atoms with van der Waals surface area (Å²) in [6, 6.07) is 0. The Bertz CT molecular complexity index is 129. The average Bonchev–Trinajstić information content (AvgIpc) is 1.89. The van der Waals surface area contributed by atoms with Crippen molar-refractivity contribution in [3.63, 3.8) is 0 Å². The summed E-state index contributed by atoms with van der Waals surface area (Å²) in [5, 5.41) is 0. The molecule has 0 spiro atoms. The second kappa shape index (κ2) is 5.28. The van der Waals surface area contributed by atoms with Crippen molar-refractivity contribution >= 4 is 0 Å². The second-order valence-corrected chi connectivity index (χ2v) is 2.65. The number of allylic oxidation sites excluding steroid dienone is 3. The van der Waals surface area contributed by atoms with Crippen LogP contribution in [0.15, 0.2) is 23.8 Å². The fourth-order valence-corrected chi connectivity index (χ4v) is 0.939. The zero-order valence-corrected chi connectivity index (χ0v) is 7.41. The first-order valence-electron chi connectivity index (χ1n) is 4.07. The predicted octanol–water partition coefficient (Wildman–Crippen LogP) is 3.70. The Balaban J connectivity index is 3.91. The van der Waals surface area contributed by atoms with Crippen molar-refractivity contribution in [3.8, 4) is 0 Å². The molecule has 58 valence electrons. The van der Waals surface area contributed by atoms with Gasteiger partial charge in [0.05, 0.1) is 0 Å². The summed E-state index contributed by atoms with van der Waals surface area (Å²) >= 11 is 0. The molecular formula is C10H18. The van der Waals surface area contributed by atoms with Crippen molar-refractivity contribution in [3.05, 3.63) is 23.8 Å². The third kappa shape index (κ3) is 3.49. The molecule has 0 nitrogen and oxygen atoms in total. The lowest BCUT2D eigenvalue weighted by molar-refractivity contribution is 0.937. The molecule has 0 fully saturated rings. The molecule has 0 rings (SSSR count). The first-order valence-corrected chi connectivity index (χ1v) is 4.07. The maximum Gasteiger partial charge on any atom is -0.0308 e. The van der Waals surface area contributed by atoms with Gasteiger partial charge in [-0.25, -0.2) is 0 Å². The third-order valence-corrected chi connectivity index (χ3v) is 1.61. The van der Waals surface area contributed by atoms with Crippen LogP contribution in [-0.4, -0.2) is 0 Å². The predicted molar refractivity (Wildman–Crippen MR) is 48.1 cm³/mol. The molecule has 0 radical (unpaired) electrons. The fraction of sp³-hybridized carbons (Fsp3) is 0.600. The van der Waals surface area contributed by atoms with Crippen LogP contribution in [0.25, 0.3) is 0 Å². The van der Waals surface area contributed by atoms with Crippen molar-refractivity contribution in [1.29, 1.82) is 0 Å². The molecule has 0 bridgehead atoms. The van der Waals surface area contributed by atoms with Gasteiger partial charge < -0.3 is 0 Å². The normalized spacial score (nSPS) is 11.7. The highest BCUT2D eigenvalue weighted by atomic mass is 14.0. The van der Waals surface area contributed by atoms with Gasteiger partial charge in [0.15, 0.2) is 0 Å². The molecule has 0 heteroatoms. The quantitative estimate of drug-likeness (QED) is 0.520. The van der Waals surface area contributed by atoms with Crippen molar-refractivity contribution < 1.29 is 0 Å². The van der Waals surface area contributed by atoms with Gasteiger partial charge in [-0.2, -0.15) is 0 Å².